The van der Waals surface area contributed by atoms with E-state index in [0.717, 1.165) is 17.5 Å². The molecule has 0 aliphatic heterocycles. The number of carbonyl (C=O) groups is 1. The smallest absolute Gasteiger partial charge is 0.203 e. The van der Waals surface area contributed by atoms with Gasteiger partial charge in [0, 0.05) is 22.3 Å². The molecule has 0 heterocycles. The van der Waals surface area contributed by atoms with E-state index in [1.807, 2.05) is 24.3 Å². The predicted octanol–water partition coefficient (Wildman–Crippen LogP) is 4.96. The van der Waals surface area contributed by atoms with Crippen LogP contribution in [0.15, 0.2) is 35.4 Å². The number of allylic oxidation sites excluding steroid dienone is 2. The molecule has 1 saturated carbocycles. The number of Topliss-reactive ketones (excluding diaryl/α,β-unsaturated/α-hetero) is 1. The van der Waals surface area contributed by atoms with Crippen molar-refractivity contribution >= 4 is 17.9 Å². The fraction of sp³-hybridized carbons (Fsp3) is 0.346. The minimum atomic E-state index is -0.00470. The van der Waals surface area contributed by atoms with Crippen molar-refractivity contribution in [2.45, 2.75) is 19.3 Å². The van der Waals surface area contributed by atoms with Crippen LogP contribution in [0.2, 0.25) is 0 Å². The molecule has 3 rings (SSSR count). The van der Waals surface area contributed by atoms with Crippen molar-refractivity contribution in [3.05, 3.63) is 46.5 Å². The maximum absolute atomic E-state index is 13.4. The lowest BCUT2D eigenvalue weighted by molar-refractivity contribution is -0.112. The quantitative estimate of drug-likeness (QED) is 0.522. The van der Waals surface area contributed by atoms with E-state index in [1.54, 1.807) is 54.8 Å². The van der Waals surface area contributed by atoms with Crippen LogP contribution in [0.3, 0.4) is 0 Å². The highest BCUT2D eigenvalue weighted by atomic mass is 16.5. The van der Waals surface area contributed by atoms with Gasteiger partial charge < -0.3 is 28.4 Å². The molecule has 0 radical (unpaired) electrons. The Morgan fingerprint density at radius 1 is 0.576 bits per heavy atom. The number of ketones is 1. The normalized spacial score (nSPS) is 16.0. The van der Waals surface area contributed by atoms with E-state index in [1.165, 1.54) is 0 Å². The lowest BCUT2D eigenvalue weighted by atomic mass is 9.86. The Morgan fingerprint density at radius 2 is 0.970 bits per heavy atom. The van der Waals surface area contributed by atoms with Crippen molar-refractivity contribution in [3.63, 3.8) is 0 Å². The molecule has 0 spiro atoms. The number of benzene rings is 2. The summed E-state index contributed by atoms with van der Waals surface area (Å²) in [4.78, 5) is 13.4. The van der Waals surface area contributed by atoms with Gasteiger partial charge in [0.2, 0.25) is 11.5 Å². The molecule has 2 aromatic carbocycles. The summed E-state index contributed by atoms with van der Waals surface area (Å²) in [5, 5.41) is 0. The van der Waals surface area contributed by atoms with Crippen LogP contribution in [0, 0.1) is 0 Å². The first-order valence-corrected chi connectivity index (χ1v) is 10.6. The number of ether oxygens (including phenoxy) is 6. The highest BCUT2D eigenvalue weighted by Crippen LogP contribution is 2.43. The number of hydrogen-bond donors (Lipinski definition) is 0. The van der Waals surface area contributed by atoms with Gasteiger partial charge in [-0.1, -0.05) is 0 Å². The predicted molar refractivity (Wildman–Crippen MR) is 127 cm³/mol. The van der Waals surface area contributed by atoms with Crippen molar-refractivity contribution in [1.82, 2.24) is 0 Å². The van der Waals surface area contributed by atoms with Gasteiger partial charge in [-0.15, -0.1) is 0 Å². The molecule has 0 bridgehead atoms. The van der Waals surface area contributed by atoms with E-state index >= 15 is 0 Å². The number of methoxy groups -OCH3 is 6. The van der Waals surface area contributed by atoms with Gasteiger partial charge in [0.25, 0.3) is 0 Å². The molecular formula is C26H30O7. The summed E-state index contributed by atoms with van der Waals surface area (Å²) < 4.78 is 32.8. The van der Waals surface area contributed by atoms with Gasteiger partial charge in [-0.05, 0) is 55.7 Å². The number of carbonyl (C=O) groups excluding carboxylic acids is 1. The Hall–Kier alpha value is -3.61. The van der Waals surface area contributed by atoms with E-state index in [4.69, 9.17) is 28.4 Å². The third-order valence-corrected chi connectivity index (χ3v) is 5.60. The van der Waals surface area contributed by atoms with E-state index < -0.39 is 0 Å². The van der Waals surface area contributed by atoms with Gasteiger partial charge in [-0.3, -0.25) is 4.79 Å². The lowest BCUT2D eigenvalue weighted by Crippen LogP contribution is -2.12. The Balaban J connectivity index is 2.02. The van der Waals surface area contributed by atoms with Crippen LogP contribution in [0.4, 0.5) is 0 Å². The molecule has 176 valence electrons. The van der Waals surface area contributed by atoms with Gasteiger partial charge in [0.1, 0.15) is 0 Å². The Kier molecular flexibility index (Phi) is 7.87. The van der Waals surface area contributed by atoms with Gasteiger partial charge >= 0.3 is 0 Å². The third kappa shape index (κ3) is 4.77. The van der Waals surface area contributed by atoms with Crippen LogP contribution in [-0.2, 0) is 4.79 Å². The molecular weight excluding hydrogens is 424 g/mol. The van der Waals surface area contributed by atoms with Crippen LogP contribution in [0.5, 0.6) is 34.5 Å². The van der Waals surface area contributed by atoms with Crippen LogP contribution in [0.25, 0.3) is 12.2 Å². The summed E-state index contributed by atoms with van der Waals surface area (Å²) in [6.45, 7) is 0. The number of hydrogen-bond acceptors (Lipinski definition) is 7. The second kappa shape index (κ2) is 10.8. The van der Waals surface area contributed by atoms with Crippen LogP contribution >= 0.6 is 0 Å². The molecule has 7 nitrogen and oxygen atoms in total. The zero-order chi connectivity index (χ0) is 24.0. The summed E-state index contributed by atoms with van der Waals surface area (Å²) in [6, 6.07) is 7.31. The summed E-state index contributed by atoms with van der Waals surface area (Å²) >= 11 is 0. The molecule has 7 heteroatoms. The minimum Gasteiger partial charge on any atom is -0.493 e. The third-order valence-electron chi connectivity index (χ3n) is 5.60. The first-order valence-electron chi connectivity index (χ1n) is 10.6. The first-order chi connectivity index (χ1) is 16.0. The molecule has 0 aromatic heterocycles. The van der Waals surface area contributed by atoms with Gasteiger partial charge in [0.15, 0.2) is 28.8 Å². The second-order valence-corrected chi connectivity index (χ2v) is 7.37. The molecule has 1 fully saturated rings. The molecule has 0 unspecified atom stereocenters. The summed E-state index contributed by atoms with van der Waals surface area (Å²) in [7, 11) is 9.38. The lowest BCUT2D eigenvalue weighted by Gasteiger charge is -2.19. The van der Waals surface area contributed by atoms with Crippen molar-refractivity contribution < 1.29 is 33.2 Å². The van der Waals surface area contributed by atoms with Crippen LogP contribution in [0.1, 0.15) is 30.4 Å². The maximum Gasteiger partial charge on any atom is 0.203 e. The second-order valence-electron chi connectivity index (χ2n) is 7.37. The molecule has 1 aliphatic rings. The molecule has 33 heavy (non-hydrogen) atoms. The maximum atomic E-state index is 13.4. The fourth-order valence-corrected chi connectivity index (χ4v) is 4.03. The van der Waals surface area contributed by atoms with Gasteiger partial charge in [-0.2, -0.15) is 0 Å². The first kappa shape index (κ1) is 24.0. The SMILES string of the molecule is COc1ccc(/C=C2/CCC/C(=C/c3ccc(OC)c(OC)c3OC)C2=O)c(OC)c1OC. The summed E-state index contributed by atoms with van der Waals surface area (Å²) in [5.74, 6) is 3.15. The molecule has 0 N–H and O–H groups in total. The van der Waals surface area contributed by atoms with E-state index in [2.05, 4.69) is 0 Å². The summed E-state index contributed by atoms with van der Waals surface area (Å²) in [6.07, 6.45) is 5.94. The van der Waals surface area contributed by atoms with Crippen molar-refractivity contribution in [2.75, 3.05) is 42.7 Å². The molecule has 0 saturated heterocycles. The average molecular weight is 455 g/mol. The average Bonchev–Trinajstić information content (AvgIpc) is 2.85. The zero-order valence-electron chi connectivity index (χ0n) is 19.9. The zero-order valence-corrected chi connectivity index (χ0v) is 19.9. The topological polar surface area (TPSA) is 72.5 Å². The molecule has 1 aliphatic carbocycles. The summed E-state index contributed by atoms with van der Waals surface area (Å²) in [5.41, 5.74) is 2.92. The molecule has 2 aromatic rings. The van der Waals surface area contributed by atoms with Crippen LogP contribution < -0.4 is 28.4 Å². The molecule has 0 atom stereocenters. The number of rotatable bonds is 8. The Labute approximate surface area is 194 Å². The molecule has 0 amide bonds. The highest BCUT2D eigenvalue weighted by Gasteiger charge is 2.24. The Bertz CT molecular complexity index is 999. The largest absolute Gasteiger partial charge is 0.493 e. The van der Waals surface area contributed by atoms with Crippen molar-refractivity contribution in [1.29, 1.82) is 0 Å². The van der Waals surface area contributed by atoms with E-state index in [-0.39, 0.29) is 5.78 Å². The van der Waals surface area contributed by atoms with Gasteiger partial charge in [-0.25, -0.2) is 0 Å². The van der Waals surface area contributed by atoms with E-state index in [9.17, 15) is 4.79 Å². The fourth-order valence-electron chi connectivity index (χ4n) is 4.03. The Morgan fingerprint density at radius 3 is 1.30 bits per heavy atom. The standard InChI is InChI=1S/C26H30O7/c1-28-20-12-10-18(23(30-3)25(20)32-5)14-16-8-7-9-17(22(16)27)15-19-11-13-21(29-2)26(33-6)24(19)31-4/h10-15H,7-9H2,1-6H3/b16-14-,17-15-. The highest BCUT2D eigenvalue weighted by molar-refractivity contribution is 6.14. The van der Waals surface area contributed by atoms with E-state index in [0.29, 0.717) is 58.5 Å². The monoisotopic (exact) mass is 454 g/mol. The van der Waals surface area contributed by atoms with Gasteiger partial charge in [0.05, 0.1) is 42.7 Å². The minimum absolute atomic E-state index is 0.00470. The van der Waals surface area contributed by atoms with Crippen LogP contribution in [-0.4, -0.2) is 48.4 Å². The van der Waals surface area contributed by atoms with Crippen molar-refractivity contribution in [2.24, 2.45) is 0 Å². The van der Waals surface area contributed by atoms with Crippen molar-refractivity contribution in [3.8, 4) is 34.5 Å².